The van der Waals surface area contributed by atoms with E-state index in [0.29, 0.717) is 5.89 Å². The molecular formula is C19H24FN3O2. The zero-order valence-electron chi connectivity index (χ0n) is 14.3. The molecular weight excluding hydrogens is 321 g/mol. The lowest BCUT2D eigenvalue weighted by Crippen LogP contribution is -2.52. The van der Waals surface area contributed by atoms with Gasteiger partial charge in [-0.1, -0.05) is 0 Å². The van der Waals surface area contributed by atoms with Gasteiger partial charge in [0.25, 0.3) is 0 Å². The zero-order chi connectivity index (χ0) is 17.1. The molecule has 1 aromatic carbocycles. The topological polar surface area (TPSA) is 50.5 Å². The molecule has 0 radical (unpaired) electrons. The average molecular weight is 345 g/mol. The molecule has 134 valence electrons. The monoisotopic (exact) mass is 345 g/mol. The van der Waals surface area contributed by atoms with Gasteiger partial charge in [-0.05, 0) is 50.1 Å². The smallest absolute Gasteiger partial charge is 0.226 e. The Hall–Kier alpha value is -1.76. The molecule has 3 heterocycles. The lowest BCUT2D eigenvalue weighted by atomic mass is 9.84. The SMILES string of the molecule is Fc1ccc(-c2nc(CN3CCNCCC34CCOCC4)co2)cc1. The van der Waals surface area contributed by atoms with Crippen LogP contribution in [0.15, 0.2) is 34.9 Å². The number of rotatable bonds is 3. The Morgan fingerprint density at radius 2 is 1.92 bits per heavy atom. The van der Waals surface area contributed by atoms with Crippen molar-refractivity contribution >= 4 is 0 Å². The molecule has 0 bridgehead atoms. The number of nitrogens with zero attached hydrogens (tertiary/aromatic N) is 2. The number of nitrogens with one attached hydrogen (secondary N) is 1. The summed E-state index contributed by atoms with van der Waals surface area (Å²) < 4.78 is 24.3. The van der Waals surface area contributed by atoms with Crippen LogP contribution in [0.5, 0.6) is 0 Å². The van der Waals surface area contributed by atoms with Crippen LogP contribution in [-0.2, 0) is 11.3 Å². The highest BCUT2D eigenvalue weighted by Gasteiger charge is 2.39. The Kier molecular flexibility index (Phi) is 4.83. The summed E-state index contributed by atoms with van der Waals surface area (Å²) in [7, 11) is 0. The summed E-state index contributed by atoms with van der Waals surface area (Å²) in [5, 5.41) is 3.51. The predicted octanol–water partition coefficient (Wildman–Crippen LogP) is 2.83. The maximum Gasteiger partial charge on any atom is 0.226 e. The fourth-order valence-electron chi connectivity index (χ4n) is 3.92. The minimum Gasteiger partial charge on any atom is -0.444 e. The fourth-order valence-corrected chi connectivity index (χ4v) is 3.92. The molecule has 2 aromatic rings. The van der Waals surface area contributed by atoms with Crippen LogP contribution in [-0.4, -0.2) is 48.3 Å². The van der Waals surface area contributed by atoms with Gasteiger partial charge < -0.3 is 14.5 Å². The van der Waals surface area contributed by atoms with Crippen LogP contribution in [0.25, 0.3) is 11.5 Å². The van der Waals surface area contributed by atoms with Crippen molar-refractivity contribution in [2.75, 3.05) is 32.8 Å². The molecule has 1 N–H and O–H groups in total. The van der Waals surface area contributed by atoms with Gasteiger partial charge in [0.05, 0.1) is 5.69 Å². The molecule has 2 aliphatic rings. The maximum absolute atomic E-state index is 13.1. The molecule has 1 spiro atoms. The van der Waals surface area contributed by atoms with Crippen LogP contribution >= 0.6 is 0 Å². The van der Waals surface area contributed by atoms with Crippen LogP contribution in [0, 0.1) is 5.82 Å². The van der Waals surface area contributed by atoms with E-state index < -0.39 is 0 Å². The summed E-state index contributed by atoms with van der Waals surface area (Å²) >= 11 is 0. The largest absolute Gasteiger partial charge is 0.444 e. The van der Waals surface area contributed by atoms with Crippen molar-refractivity contribution in [2.24, 2.45) is 0 Å². The van der Waals surface area contributed by atoms with Crippen molar-refractivity contribution < 1.29 is 13.5 Å². The van der Waals surface area contributed by atoms with Gasteiger partial charge >= 0.3 is 0 Å². The van der Waals surface area contributed by atoms with E-state index in [2.05, 4.69) is 15.2 Å². The molecule has 0 amide bonds. The second kappa shape index (κ2) is 7.23. The number of hydrogen-bond acceptors (Lipinski definition) is 5. The van der Waals surface area contributed by atoms with Crippen molar-refractivity contribution in [3.8, 4) is 11.5 Å². The molecule has 1 aromatic heterocycles. The average Bonchev–Trinajstić information content (AvgIpc) is 3.02. The normalized spacial score (nSPS) is 21.3. The predicted molar refractivity (Wildman–Crippen MR) is 92.6 cm³/mol. The van der Waals surface area contributed by atoms with Crippen LogP contribution in [0.2, 0.25) is 0 Å². The standard InChI is InChI=1S/C19H24FN3O2/c20-16-3-1-15(2-4-16)18-22-17(14-25-18)13-23-10-9-21-8-5-19(23)6-11-24-12-7-19/h1-4,14,21H,5-13H2. The van der Waals surface area contributed by atoms with Crippen LogP contribution < -0.4 is 5.32 Å². The Balaban J connectivity index is 1.52. The second-order valence-electron chi connectivity index (χ2n) is 6.91. The summed E-state index contributed by atoms with van der Waals surface area (Å²) in [5.74, 6) is 0.290. The molecule has 5 nitrogen and oxygen atoms in total. The Morgan fingerprint density at radius 1 is 1.12 bits per heavy atom. The van der Waals surface area contributed by atoms with E-state index in [1.165, 1.54) is 12.1 Å². The minimum absolute atomic E-state index is 0.191. The Morgan fingerprint density at radius 3 is 2.72 bits per heavy atom. The Bertz CT molecular complexity index is 695. The van der Waals surface area contributed by atoms with Gasteiger partial charge in [-0.3, -0.25) is 4.90 Å². The number of ether oxygens (including phenoxy) is 1. The van der Waals surface area contributed by atoms with Crippen LogP contribution in [0.4, 0.5) is 4.39 Å². The van der Waals surface area contributed by atoms with Crippen molar-refractivity contribution in [1.29, 1.82) is 0 Å². The number of halogens is 1. The maximum atomic E-state index is 13.1. The van der Waals surface area contributed by atoms with E-state index in [1.807, 2.05) is 0 Å². The number of benzene rings is 1. The number of hydrogen-bond donors (Lipinski definition) is 1. The third-order valence-corrected chi connectivity index (χ3v) is 5.42. The lowest BCUT2D eigenvalue weighted by Gasteiger charge is -2.45. The highest BCUT2D eigenvalue weighted by atomic mass is 19.1. The molecule has 2 saturated heterocycles. The first-order chi connectivity index (χ1) is 12.3. The molecule has 0 atom stereocenters. The van der Waals surface area contributed by atoms with E-state index in [-0.39, 0.29) is 11.4 Å². The van der Waals surface area contributed by atoms with Crippen LogP contribution in [0.3, 0.4) is 0 Å². The zero-order valence-corrected chi connectivity index (χ0v) is 14.3. The highest BCUT2D eigenvalue weighted by Crippen LogP contribution is 2.33. The van der Waals surface area contributed by atoms with Crippen LogP contribution in [0.1, 0.15) is 25.0 Å². The number of aromatic nitrogens is 1. The highest BCUT2D eigenvalue weighted by molar-refractivity contribution is 5.52. The van der Waals surface area contributed by atoms with E-state index in [9.17, 15) is 4.39 Å². The van der Waals surface area contributed by atoms with Gasteiger partial charge in [-0.2, -0.15) is 0 Å². The van der Waals surface area contributed by atoms with Gasteiger partial charge in [0.2, 0.25) is 5.89 Å². The summed E-state index contributed by atoms with van der Waals surface area (Å²) in [6, 6.07) is 6.24. The summed E-state index contributed by atoms with van der Waals surface area (Å²) in [4.78, 5) is 7.17. The first kappa shape index (κ1) is 16.7. The molecule has 2 fully saturated rings. The first-order valence-corrected chi connectivity index (χ1v) is 8.99. The molecule has 2 aliphatic heterocycles. The van der Waals surface area contributed by atoms with Crippen molar-refractivity contribution in [3.05, 3.63) is 42.0 Å². The third-order valence-electron chi connectivity index (χ3n) is 5.42. The van der Waals surface area contributed by atoms with E-state index >= 15 is 0 Å². The van der Waals surface area contributed by atoms with E-state index in [4.69, 9.17) is 9.15 Å². The van der Waals surface area contributed by atoms with E-state index in [1.54, 1.807) is 18.4 Å². The van der Waals surface area contributed by atoms with Crippen molar-refractivity contribution in [3.63, 3.8) is 0 Å². The van der Waals surface area contributed by atoms with Gasteiger partial charge in [-0.15, -0.1) is 0 Å². The summed E-state index contributed by atoms with van der Waals surface area (Å²) in [5.41, 5.74) is 1.91. The molecule has 0 aliphatic carbocycles. The second-order valence-corrected chi connectivity index (χ2v) is 6.91. The lowest BCUT2D eigenvalue weighted by molar-refractivity contribution is -0.0312. The molecule has 4 rings (SSSR count). The quantitative estimate of drug-likeness (QED) is 0.927. The Labute approximate surface area is 147 Å². The van der Waals surface area contributed by atoms with E-state index in [0.717, 1.165) is 69.9 Å². The van der Waals surface area contributed by atoms with Gasteiger partial charge in [0.1, 0.15) is 12.1 Å². The van der Waals surface area contributed by atoms with Crippen molar-refractivity contribution in [1.82, 2.24) is 15.2 Å². The van der Waals surface area contributed by atoms with Gasteiger partial charge in [-0.25, -0.2) is 9.37 Å². The van der Waals surface area contributed by atoms with Gasteiger partial charge in [0.15, 0.2) is 0 Å². The molecule has 25 heavy (non-hydrogen) atoms. The van der Waals surface area contributed by atoms with Gasteiger partial charge in [0, 0.05) is 44.0 Å². The minimum atomic E-state index is -0.256. The first-order valence-electron chi connectivity index (χ1n) is 8.99. The third kappa shape index (κ3) is 3.61. The summed E-state index contributed by atoms with van der Waals surface area (Å²) in [6.45, 7) is 5.47. The molecule has 0 unspecified atom stereocenters. The number of oxazole rings is 1. The molecule has 6 heteroatoms. The molecule has 0 saturated carbocycles. The fraction of sp³-hybridized carbons (Fsp3) is 0.526. The van der Waals surface area contributed by atoms with Crippen molar-refractivity contribution in [2.45, 2.75) is 31.3 Å². The summed E-state index contributed by atoms with van der Waals surface area (Å²) in [6.07, 6.45) is 5.00.